The average Bonchev–Trinajstić information content (AvgIpc) is 3.01. The summed E-state index contributed by atoms with van der Waals surface area (Å²) in [6.07, 6.45) is 1.75. The molecule has 0 spiro atoms. The van der Waals surface area contributed by atoms with E-state index in [1.54, 1.807) is 117 Å². The predicted octanol–water partition coefficient (Wildman–Crippen LogP) is 7.02. The minimum atomic E-state index is -0.465. The monoisotopic (exact) mass is 532 g/mol. The number of ketones is 2. The second-order valence-electron chi connectivity index (χ2n) is 8.89. The maximum Gasteiger partial charge on any atom is 0.343 e. The molecular formula is C34H28O6. The summed E-state index contributed by atoms with van der Waals surface area (Å²) in [5.74, 6) is 0.656. The zero-order valence-corrected chi connectivity index (χ0v) is 22.3. The fourth-order valence-corrected chi connectivity index (χ4v) is 3.95. The average molecular weight is 533 g/mol. The molecular weight excluding hydrogens is 504 g/mol. The number of hydrogen-bond donors (Lipinski definition) is 0. The molecule has 0 unspecified atom stereocenters. The summed E-state index contributed by atoms with van der Waals surface area (Å²) in [7, 11) is 3.11. The lowest BCUT2D eigenvalue weighted by atomic mass is 9.92. The van der Waals surface area contributed by atoms with Gasteiger partial charge >= 0.3 is 5.97 Å². The predicted molar refractivity (Wildman–Crippen MR) is 154 cm³/mol. The van der Waals surface area contributed by atoms with E-state index in [1.165, 1.54) is 0 Å². The number of hydrogen-bond acceptors (Lipinski definition) is 6. The minimum Gasteiger partial charge on any atom is -0.497 e. The molecule has 0 radical (unpaired) electrons. The van der Waals surface area contributed by atoms with Gasteiger partial charge in [0.05, 0.1) is 19.8 Å². The van der Waals surface area contributed by atoms with Crippen LogP contribution >= 0.6 is 0 Å². The van der Waals surface area contributed by atoms with Crippen molar-refractivity contribution in [3.63, 3.8) is 0 Å². The van der Waals surface area contributed by atoms with E-state index in [9.17, 15) is 14.4 Å². The molecule has 0 aliphatic heterocycles. The summed E-state index contributed by atoms with van der Waals surface area (Å²) in [5.41, 5.74) is 2.69. The molecule has 0 aliphatic carbocycles. The number of Topliss-reactive ketones (excluding diaryl/α,β-unsaturated/α-hetero) is 2. The van der Waals surface area contributed by atoms with Gasteiger partial charge in [0.1, 0.15) is 17.2 Å². The first-order valence-corrected chi connectivity index (χ1v) is 12.5. The Morgan fingerprint density at radius 1 is 0.625 bits per heavy atom. The molecule has 200 valence electrons. The molecule has 0 amide bonds. The Hall–Kier alpha value is -5.23. The van der Waals surface area contributed by atoms with E-state index in [2.05, 4.69) is 6.58 Å². The van der Waals surface area contributed by atoms with Crippen molar-refractivity contribution in [3.05, 3.63) is 143 Å². The number of benzene rings is 4. The molecule has 4 aromatic rings. The Bertz CT molecular complexity index is 1530. The van der Waals surface area contributed by atoms with Crippen molar-refractivity contribution in [2.75, 3.05) is 14.2 Å². The SMILES string of the molecule is C=C(C/C(=C\c1ccc(OC(=O)c2ccccc2)cc1)C(=O)c1ccc(OC)cc1)C(=O)c1ccc(OC)cc1. The second-order valence-corrected chi connectivity index (χ2v) is 8.89. The molecule has 0 heterocycles. The van der Waals surface area contributed by atoms with Crippen molar-refractivity contribution in [2.24, 2.45) is 0 Å². The molecule has 0 N–H and O–H groups in total. The van der Waals surface area contributed by atoms with Gasteiger partial charge in [0, 0.05) is 23.1 Å². The van der Waals surface area contributed by atoms with E-state index in [-0.39, 0.29) is 23.6 Å². The number of carbonyl (C=O) groups is 3. The van der Waals surface area contributed by atoms with Crippen molar-refractivity contribution >= 4 is 23.6 Å². The number of ether oxygens (including phenoxy) is 3. The van der Waals surface area contributed by atoms with Crippen LogP contribution in [0.25, 0.3) is 6.08 Å². The minimum absolute atomic E-state index is 0.0421. The number of carbonyl (C=O) groups excluding carboxylic acids is 3. The largest absolute Gasteiger partial charge is 0.497 e. The van der Waals surface area contributed by atoms with Crippen molar-refractivity contribution in [3.8, 4) is 17.2 Å². The fourth-order valence-electron chi connectivity index (χ4n) is 3.95. The third-order valence-electron chi connectivity index (χ3n) is 6.16. The Kier molecular flexibility index (Phi) is 9.05. The van der Waals surface area contributed by atoms with Crippen LogP contribution in [0, 0.1) is 0 Å². The standard InChI is InChI=1S/C34H28O6/c1-23(32(35)25-11-17-29(38-2)18-12-25)21-28(33(36)26-13-19-30(39-3)20-14-26)22-24-9-15-31(16-10-24)40-34(37)27-7-5-4-6-8-27/h4-20,22H,1,21H2,2-3H3/b28-22+. The van der Waals surface area contributed by atoms with Crippen LogP contribution in [-0.4, -0.2) is 31.8 Å². The zero-order chi connectivity index (χ0) is 28.5. The summed E-state index contributed by atoms with van der Waals surface area (Å²) in [4.78, 5) is 39.0. The van der Waals surface area contributed by atoms with Gasteiger partial charge in [-0.15, -0.1) is 0 Å². The number of methoxy groups -OCH3 is 2. The maximum absolute atomic E-state index is 13.5. The van der Waals surface area contributed by atoms with Gasteiger partial charge < -0.3 is 14.2 Å². The molecule has 4 aromatic carbocycles. The number of rotatable bonds is 11. The molecule has 0 atom stereocenters. The van der Waals surface area contributed by atoms with E-state index in [4.69, 9.17) is 14.2 Å². The van der Waals surface area contributed by atoms with Gasteiger partial charge in [0.15, 0.2) is 11.6 Å². The van der Waals surface area contributed by atoms with Crippen LogP contribution in [0.2, 0.25) is 0 Å². The fraction of sp³-hybridized carbons (Fsp3) is 0.0882. The van der Waals surface area contributed by atoms with Gasteiger partial charge in [-0.25, -0.2) is 4.79 Å². The van der Waals surface area contributed by atoms with Crippen LogP contribution in [0.4, 0.5) is 0 Å². The Morgan fingerprint density at radius 3 is 1.65 bits per heavy atom. The topological polar surface area (TPSA) is 78.9 Å². The van der Waals surface area contributed by atoms with Gasteiger partial charge in [0.2, 0.25) is 0 Å². The molecule has 0 aromatic heterocycles. The summed E-state index contributed by atoms with van der Waals surface area (Å²) < 4.78 is 15.8. The van der Waals surface area contributed by atoms with Gasteiger partial charge in [-0.05, 0) is 90.0 Å². The highest BCUT2D eigenvalue weighted by Crippen LogP contribution is 2.25. The Labute approximate surface area is 233 Å². The summed E-state index contributed by atoms with van der Waals surface area (Å²) in [5, 5.41) is 0. The summed E-state index contributed by atoms with van der Waals surface area (Å²) in [6, 6.07) is 29.0. The normalized spacial score (nSPS) is 10.9. The van der Waals surface area contributed by atoms with E-state index >= 15 is 0 Å². The molecule has 0 saturated heterocycles. The molecule has 4 rings (SSSR count). The molecule has 0 aliphatic rings. The van der Waals surface area contributed by atoms with E-state index in [1.807, 2.05) is 6.07 Å². The summed E-state index contributed by atoms with van der Waals surface area (Å²) >= 11 is 0. The van der Waals surface area contributed by atoms with Gasteiger partial charge in [-0.2, -0.15) is 0 Å². The van der Waals surface area contributed by atoms with Crippen molar-refractivity contribution in [1.82, 2.24) is 0 Å². The third-order valence-corrected chi connectivity index (χ3v) is 6.16. The molecule has 6 heteroatoms. The van der Waals surface area contributed by atoms with E-state index in [0.29, 0.717) is 45.1 Å². The lowest BCUT2D eigenvalue weighted by Gasteiger charge is -2.11. The first-order valence-electron chi connectivity index (χ1n) is 12.5. The van der Waals surface area contributed by atoms with Crippen LogP contribution in [-0.2, 0) is 0 Å². The molecule has 0 fully saturated rings. The lowest BCUT2D eigenvalue weighted by Crippen LogP contribution is -2.09. The van der Waals surface area contributed by atoms with Crippen LogP contribution in [0.3, 0.4) is 0 Å². The van der Waals surface area contributed by atoms with Gasteiger partial charge in [-0.1, -0.05) is 36.9 Å². The highest BCUT2D eigenvalue weighted by Gasteiger charge is 2.18. The van der Waals surface area contributed by atoms with Crippen molar-refractivity contribution < 1.29 is 28.6 Å². The highest BCUT2D eigenvalue weighted by molar-refractivity contribution is 6.14. The third kappa shape index (κ3) is 6.99. The number of allylic oxidation sites excluding steroid dienone is 2. The highest BCUT2D eigenvalue weighted by atomic mass is 16.5. The van der Waals surface area contributed by atoms with Gasteiger partial charge in [0.25, 0.3) is 0 Å². The van der Waals surface area contributed by atoms with Gasteiger partial charge in [-0.3, -0.25) is 9.59 Å². The molecule has 40 heavy (non-hydrogen) atoms. The first kappa shape index (κ1) is 27.8. The maximum atomic E-state index is 13.5. The van der Waals surface area contributed by atoms with Crippen molar-refractivity contribution in [2.45, 2.75) is 6.42 Å². The molecule has 0 saturated carbocycles. The van der Waals surface area contributed by atoms with E-state index in [0.717, 1.165) is 0 Å². The smallest absolute Gasteiger partial charge is 0.343 e. The quantitative estimate of drug-likeness (QED) is 0.0894. The molecule has 0 bridgehead atoms. The first-order chi connectivity index (χ1) is 19.4. The Balaban J connectivity index is 1.58. The zero-order valence-electron chi connectivity index (χ0n) is 22.3. The second kappa shape index (κ2) is 13.0. The van der Waals surface area contributed by atoms with E-state index < -0.39 is 5.97 Å². The van der Waals surface area contributed by atoms with Crippen molar-refractivity contribution in [1.29, 1.82) is 0 Å². The Morgan fingerprint density at radius 2 is 1.12 bits per heavy atom. The molecule has 6 nitrogen and oxygen atoms in total. The van der Waals surface area contributed by atoms with Crippen LogP contribution in [0.1, 0.15) is 43.1 Å². The summed E-state index contributed by atoms with van der Waals surface area (Å²) in [6.45, 7) is 3.98. The number of esters is 1. The van der Waals surface area contributed by atoms with Crippen LogP contribution in [0.5, 0.6) is 17.2 Å². The lowest BCUT2D eigenvalue weighted by molar-refractivity contribution is 0.0734. The van der Waals surface area contributed by atoms with Crippen LogP contribution in [0.15, 0.2) is 121 Å². The van der Waals surface area contributed by atoms with Crippen LogP contribution < -0.4 is 14.2 Å².